The molecule has 3 aliphatic rings. The van der Waals surface area contributed by atoms with Crippen LogP contribution in [0.2, 0.25) is 0 Å². The summed E-state index contributed by atoms with van der Waals surface area (Å²) in [7, 11) is 1.35. The lowest BCUT2D eigenvalue weighted by Gasteiger charge is -2.30. The third-order valence-electron chi connectivity index (χ3n) is 7.25. The fourth-order valence-corrected chi connectivity index (χ4v) is 5.41. The molecule has 1 saturated carbocycles. The van der Waals surface area contributed by atoms with Crippen molar-refractivity contribution in [2.45, 2.75) is 57.0 Å². The molecule has 0 unspecified atom stereocenters. The molecule has 0 atom stereocenters. The van der Waals surface area contributed by atoms with E-state index in [-0.39, 0.29) is 30.8 Å². The zero-order valence-electron chi connectivity index (χ0n) is 18.7. The summed E-state index contributed by atoms with van der Waals surface area (Å²) in [5.74, 6) is -0.683. The molecule has 2 aliphatic heterocycles. The highest BCUT2D eigenvalue weighted by molar-refractivity contribution is 6.07. The average Bonchev–Trinajstić information content (AvgIpc) is 3.30. The third kappa shape index (κ3) is 3.65. The maximum atomic E-state index is 13.0. The van der Waals surface area contributed by atoms with Crippen LogP contribution in [-0.4, -0.2) is 64.3 Å². The fourth-order valence-electron chi connectivity index (χ4n) is 5.41. The molecule has 1 spiro atoms. The number of fused-ring (bicyclic) bond motifs is 3. The number of aromatic nitrogens is 1. The smallest absolute Gasteiger partial charge is 0.337 e. The van der Waals surface area contributed by atoms with E-state index in [0.29, 0.717) is 37.9 Å². The summed E-state index contributed by atoms with van der Waals surface area (Å²) < 4.78 is 4.83. The number of imide groups is 1. The molecule has 9 nitrogen and oxygen atoms in total. The number of ether oxygens (including phenoxy) is 1. The molecule has 33 heavy (non-hydrogen) atoms. The van der Waals surface area contributed by atoms with Crippen molar-refractivity contribution in [3.05, 3.63) is 35.0 Å². The van der Waals surface area contributed by atoms with Gasteiger partial charge in [-0.1, -0.05) is 19.3 Å². The van der Waals surface area contributed by atoms with E-state index in [4.69, 9.17) is 4.74 Å². The first-order chi connectivity index (χ1) is 15.9. The molecule has 1 saturated heterocycles. The lowest BCUT2D eigenvalue weighted by Crippen LogP contribution is -2.48. The van der Waals surface area contributed by atoms with Crippen LogP contribution < -0.4 is 5.32 Å². The first-order valence-electron chi connectivity index (χ1n) is 11.6. The number of hydrogen-bond donors (Lipinski definition) is 2. The van der Waals surface area contributed by atoms with Crippen molar-refractivity contribution in [3.8, 4) is 0 Å². The Kier molecular flexibility index (Phi) is 5.34. The van der Waals surface area contributed by atoms with Gasteiger partial charge < -0.3 is 19.9 Å². The number of hydrogen-bond acceptors (Lipinski definition) is 5. The van der Waals surface area contributed by atoms with E-state index >= 15 is 0 Å². The maximum Gasteiger partial charge on any atom is 0.337 e. The number of nitrogens with one attached hydrogen (secondary N) is 2. The summed E-state index contributed by atoms with van der Waals surface area (Å²) in [6.07, 6.45) is 5.05. The molecule has 9 heteroatoms. The zero-order chi connectivity index (χ0) is 23.2. The Morgan fingerprint density at radius 3 is 2.70 bits per heavy atom. The molecule has 1 aromatic carbocycles. The van der Waals surface area contributed by atoms with Crippen molar-refractivity contribution in [2.75, 3.05) is 20.2 Å². The number of H-pyrrole nitrogens is 1. The molecular formula is C24H28N4O5. The zero-order valence-corrected chi connectivity index (χ0v) is 18.7. The van der Waals surface area contributed by atoms with Gasteiger partial charge in [0.2, 0.25) is 5.91 Å². The number of esters is 1. The number of benzene rings is 1. The summed E-state index contributed by atoms with van der Waals surface area (Å²) in [6.45, 7) is 1.07. The summed E-state index contributed by atoms with van der Waals surface area (Å²) in [5.41, 5.74) is 2.67. The second-order valence-corrected chi connectivity index (χ2v) is 9.18. The summed E-state index contributed by atoms with van der Waals surface area (Å²) >= 11 is 0. The van der Waals surface area contributed by atoms with Gasteiger partial charge in [0.1, 0.15) is 5.54 Å². The Bertz CT molecular complexity index is 1150. The van der Waals surface area contributed by atoms with Crippen LogP contribution in [0.1, 0.15) is 60.1 Å². The van der Waals surface area contributed by atoms with Gasteiger partial charge in [0.15, 0.2) is 0 Å². The minimum Gasteiger partial charge on any atom is -0.465 e. The van der Waals surface area contributed by atoms with Crippen molar-refractivity contribution in [1.82, 2.24) is 20.1 Å². The average molecular weight is 453 g/mol. The molecule has 2 aromatic rings. The first-order valence-corrected chi connectivity index (χ1v) is 11.6. The van der Waals surface area contributed by atoms with Gasteiger partial charge in [0, 0.05) is 54.6 Å². The third-order valence-corrected chi connectivity index (χ3v) is 7.25. The van der Waals surface area contributed by atoms with Crippen LogP contribution in [0.3, 0.4) is 0 Å². The quantitative estimate of drug-likeness (QED) is 0.547. The summed E-state index contributed by atoms with van der Waals surface area (Å²) in [4.78, 5) is 56.7. The Balaban J connectivity index is 1.27. The van der Waals surface area contributed by atoms with E-state index in [2.05, 4.69) is 10.3 Å². The number of amides is 4. The Labute approximate surface area is 191 Å². The number of aromatic amines is 1. The van der Waals surface area contributed by atoms with Gasteiger partial charge in [-0.3, -0.25) is 14.5 Å². The molecule has 4 amide bonds. The minimum atomic E-state index is -0.764. The van der Waals surface area contributed by atoms with Crippen LogP contribution in [0.5, 0.6) is 0 Å². The van der Waals surface area contributed by atoms with E-state index in [9.17, 15) is 19.2 Å². The van der Waals surface area contributed by atoms with Crippen molar-refractivity contribution in [3.63, 3.8) is 0 Å². The van der Waals surface area contributed by atoms with E-state index in [1.165, 1.54) is 12.0 Å². The first kappa shape index (κ1) is 21.5. The van der Waals surface area contributed by atoms with E-state index in [0.717, 1.165) is 41.4 Å². The van der Waals surface area contributed by atoms with Crippen molar-refractivity contribution in [2.24, 2.45) is 0 Å². The van der Waals surface area contributed by atoms with Gasteiger partial charge in [-0.05, 0) is 31.0 Å². The molecule has 1 aromatic heterocycles. The number of nitrogens with zero attached hydrogens (tertiary/aromatic N) is 2. The van der Waals surface area contributed by atoms with Crippen LogP contribution in [-0.2, 0) is 27.3 Å². The number of carbonyl (C=O) groups excluding carboxylic acids is 4. The van der Waals surface area contributed by atoms with Crippen LogP contribution in [0.25, 0.3) is 10.9 Å². The van der Waals surface area contributed by atoms with Gasteiger partial charge in [-0.2, -0.15) is 0 Å². The molecule has 0 bridgehead atoms. The molecule has 2 N–H and O–H groups in total. The highest BCUT2D eigenvalue weighted by Gasteiger charge is 2.51. The van der Waals surface area contributed by atoms with Gasteiger partial charge in [-0.15, -0.1) is 0 Å². The van der Waals surface area contributed by atoms with Gasteiger partial charge in [0.05, 0.1) is 12.7 Å². The molecule has 2 fully saturated rings. The van der Waals surface area contributed by atoms with E-state index < -0.39 is 11.5 Å². The van der Waals surface area contributed by atoms with Crippen molar-refractivity contribution < 1.29 is 23.9 Å². The maximum absolute atomic E-state index is 13.0. The van der Waals surface area contributed by atoms with Gasteiger partial charge in [0.25, 0.3) is 5.91 Å². The number of methoxy groups -OCH3 is 1. The normalized spacial score (nSPS) is 19.7. The molecule has 3 heterocycles. The largest absolute Gasteiger partial charge is 0.465 e. The van der Waals surface area contributed by atoms with E-state index in [1.54, 1.807) is 17.0 Å². The second kappa shape index (κ2) is 8.20. The lowest BCUT2D eigenvalue weighted by atomic mass is 9.82. The number of rotatable bonds is 4. The molecular weight excluding hydrogens is 424 g/mol. The predicted molar refractivity (Wildman–Crippen MR) is 119 cm³/mol. The van der Waals surface area contributed by atoms with Crippen molar-refractivity contribution in [1.29, 1.82) is 0 Å². The topological polar surface area (TPSA) is 112 Å². The van der Waals surface area contributed by atoms with Crippen LogP contribution in [0, 0.1) is 0 Å². The molecule has 174 valence electrons. The lowest BCUT2D eigenvalue weighted by molar-refractivity contribution is -0.134. The predicted octanol–water partition coefficient (Wildman–Crippen LogP) is 2.48. The minimum absolute atomic E-state index is 0.0922. The Morgan fingerprint density at radius 2 is 1.94 bits per heavy atom. The molecule has 1 aliphatic carbocycles. The SMILES string of the molecule is COC(=O)c1ccc2[nH]c3c(c2c1)CN(C(=O)CCN1C(=O)NC2(CCCCC2)C1=O)CC3. The van der Waals surface area contributed by atoms with Crippen LogP contribution in [0.15, 0.2) is 18.2 Å². The Morgan fingerprint density at radius 1 is 1.15 bits per heavy atom. The van der Waals surface area contributed by atoms with Crippen LogP contribution in [0.4, 0.5) is 4.79 Å². The molecule has 0 radical (unpaired) electrons. The number of urea groups is 1. The Hall–Kier alpha value is -3.36. The van der Waals surface area contributed by atoms with E-state index in [1.807, 2.05) is 6.07 Å². The highest BCUT2D eigenvalue weighted by Crippen LogP contribution is 2.34. The monoisotopic (exact) mass is 452 g/mol. The summed E-state index contributed by atoms with van der Waals surface area (Å²) in [6, 6.07) is 4.98. The summed E-state index contributed by atoms with van der Waals surface area (Å²) in [5, 5.41) is 3.79. The van der Waals surface area contributed by atoms with Crippen molar-refractivity contribution >= 4 is 34.7 Å². The number of carbonyl (C=O) groups is 4. The molecule has 5 rings (SSSR count). The van der Waals surface area contributed by atoms with Gasteiger partial charge in [-0.25, -0.2) is 9.59 Å². The van der Waals surface area contributed by atoms with Crippen LogP contribution >= 0.6 is 0 Å². The standard InChI is InChI=1S/C24H28N4O5/c1-33-21(30)15-5-6-18-16(13-15)17-14-27(11-7-19(17)25-18)20(29)8-12-28-22(31)24(26-23(28)32)9-3-2-4-10-24/h5-6,13,25H,2-4,7-12,14H2,1H3,(H,26,32). The highest BCUT2D eigenvalue weighted by atomic mass is 16.5. The fraction of sp³-hybridized carbons (Fsp3) is 0.500. The van der Waals surface area contributed by atoms with Gasteiger partial charge >= 0.3 is 12.0 Å². The second-order valence-electron chi connectivity index (χ2n) is 9.18.